The molecule has 0 radical (unpaired) electrons. The van der Waals surface area contributed by atoms with E-state index in [0.717, 1.165) is 0 Å². The van der Waals surface area contributed by atoms with E-state index >= 15 is 0 Å². The standard InChI is InChI=1S/C12H16N6O3S/c1-6(2)10-8(3-7(4-16-10)22(15,19)20)21-9-5-17-12(14)18-11(9)13/h3-6H,1-2H3,(H2,15,19,20)(H4,13,14,17,18). The highest BCUT2D eigenvalue weighted by atomic mass is 32.2. The first-order valence-electron chi connectivity index (χ1n) is 6.27. The molecule has 2 rings (SSSR count). The van der Waals surface area contributed by atoms with Crippen molar-refractivity contribution in [1.82, 2.24) is 15.0 Å². The molecule has 2 heterocycles. The van der Waals surface area contributed by atoms with Gasteiger partial charge in [-0.3, -0.25) is 4.98 Å². The van der Waals surface area contributed by atoms with E-state index in [2.05, 4.69) is 15.0 Å². The van der Waals surface area contributed by atoms with Gasteiger partial charge < -0.3 is 16.2 Å². The molecule has 0 saturated heterocycles. The van der Waals surface area contributed by atoms with Crippen LogP contribution < -0.4 is 21.3 Å². The Morgan fingerprint density at radius 3 is 2.36 bits per heavy atom. The van der Waals surface area contributed by atoms with Gasteiger partial charge in [-0.2, -0.15) is 4.98 Å². The van der Waals surface area contributed by atoms with E-state index in [1.165, 1.54) is 18.5 Å². The van der Waals surface area contributed by atoms with Gasteiger partial charge in [0.1, 0.15) is 4.90 Å². The molecular weight excluding hydrogens is 308 g/mol. The smallest absolute Gasteiger partial charge is 0.239 e. The number of anilines is 2. The molecule has 2 aromatic heterocycles. The van der Waals surface area contributed by atoms with Crippen molar-refractivity contribution in [3.05, 3.63) is 24.2 Å². The van der Waals surface area contributed by atoms with E-state index in [-0.39, 0.29) is 34.1 Å². The molecule has 0 aliphatic rings. The van der Waals surface area contributed by atoms with Crippen molar-refractivity contribution in [1.29, 1.82) is 0 Å². The minimum absolute atomic E-state index is 0.00495. The summed E-state index contributed by atoms with van der Waals surface area (Å²) in [7, 11) is -3.90. The molecule has 0 spiro atoms. The van der Waals surface area contributed by atoms with Crippen LogP contribution in [0.5, 0.6) is 11.5 Å². The van der Waals surface area contributed by atoms with Crippen molar-refractivity contribution in [2.24, 2.45) is 5.14 Å². The molecule has 0 amide bonds. The first-order chi connectivity index (χ1) is 10.2. The Balaban J connectivity index is 2.51. The highest BCUT2D eigenvalue weighted by Gasteiger charge is 2.17. The lowest BCUT2D eigenvalue weighted by molar-refractivity contribution is 0.464. The maximum atomic E-state index is 11.4. The van der Waals surface area contributed by atoms with Gasteiger partial charge >= 0.3 is 0 Å². The number of nitrogen functional groups attached to an aromatic ring is 2. The highest BCUT2D eigenvalue weighted by molar-refractivity contribution is 7.89. The van der Waals surface area contributed by atoms with Crippen LogP contribution in [0.4, 0.5) is 11.8 Å². The second kappa shape index (κ2) is 5.73. The Morgan fingerprint density at radius 2 is 1.82 bits per heavy atom. The highest BCUT2D eigenvalue weighted by Crippen LogP contribution is 2.32. The topological polar surface area (TPSA) is 160 Å². The average Bonchev–Trinajstić information content (AvgIpc) is 2.40. The van der Waals surface area contributed by atoms with Gasteiger partial charge in [-0.05, 0) is 5.92 Å². The van der Waals surface area contributed by atoms with Gasteiger partial charge in [-0.25, -0.2) is 18.5 Å². The average molecular weight is 324 g/mol. The van der Waals surface area contributed by atoms with Crippen LogP contribution in [0.1, 0.15) is 25.5 Å². The molecular formula is C12H16N6O3S. The molecule has 0 saturated carbocycles. The zero-order chi connectivity index (χ0) is 16.5. The largest absolute Gasteiger partial charge is 0.450 e. The van der Waals surface area contributed by atoms with E-state index in [9.17, 15) is 8.42 Å². The lowest BCUT2D eigenvalue weighted by Gasteiger charge is -2.14. The lowest BCUT2D eigenvalue weighted by atomic mass is 10.1. The quantitative estimate of drug-likeness (QED) is 0.736. The molecule has 0 aliphatic heterocycles. The minimum atomic E-state index is -3.90. The van der Waals surface area contributed by atoms with E-state index in [4.69, 9.17) is 21.3 Å². The molecule has 6 N–H and O–H groups in total. The van der Waals surface area contributed by atoms with Gasteiger partial charge in [-0.1, -0.05) is 13.8 Å². The lowest BCUT2D eigenvalue weighted by Crippen LogP contribution is -2.13. The summed E-state index contributed by atoms with van der Waals surface area (Å²) in [6.07, 6.45) is 2.48. The number of rotatable bonds is 4. The fraction of sp³-hybridized carbons (Fsp3) is 0.250. The molecule has 2 aromatic rings. The van der Waals surface area contributed by atoms with Crippen molar-refractivity contribution in [2.75, 3.05) is 11.5 Å². The summed E-state index contributed by atoms with van der Waals surface area (Å²) in [6, 6.07) is 1.29. The molecule has 0 unspecified atom stereocenters. The predicted octanol–water partition coefficient (Wildman–Crippen LogP) is 0.599. The second-order valence-corrected chi connectivity index (χ2v) is 6.40. The number of hydrogen-bond acceptors (Lipinski definition) is 8. The summed E-state index contributed by atoms with van der Waals surface area (Å²) >= 11 is 0. The molecule has 0 aliphatic carbocycles. The first-order valence-corrected chi connectivity index (χ1v) is 7.81. The molecule has 118 valence electrons. The van der Waals surface area contributed by atoms with Crippen LogP contribution >= 0.6 is 0 Å². The third-order valence-electron chi connectivity index (χ3n) is 2.75. The number of pyridine rings is 1. The monoisotopic (exact) mass is 324 g/mol. The van der Waals surface area contributed by atoms with Gasteiger partial charge in [0.25, 0.3) is 0 Å². The van der Waals surface area contributed by atoms with Crippen LogP contribution in [-0.2, 0) is 10.0 Å². The normalized spacial score (nSPS) is 11.6. The van der Waals surface area contributed by atoms with E-state index < -0.39 is 10.0 Å². The third-order valence-corrected chi connectivity index (χ3v) is 3.63. The SMILES string of the molecule is CC(C)c1ncc(S(N)(=O)=O)cc1Oc1cnc(N)nc1N. The Morgan fingerprint density at radius 1 is 1.14 bits per heavy atom. The van der Waals surface area contributed by atoms with Crippen molar-refractivity contribution < 1.29 is 13.2 Å². The van der Waals surface area contributed by atoms with Gasteiger partial charge in [0.05, 0.1) is 11.9 Å². The van der Waals surface area contributed by atoms with Crippen molar-refractivity contribution >= 4 is 21.8 Å². The summed E-state index contributed by atoms with van der Waals surface area (Å²) in [5.41, 5.74) is 11.7. The van der Waals surface area contributed by atoms with Crippen LogP contribution in [-0.4, -0.2) is 23.4 Å². The number of hydrogen-bond donors (Lipinski definition) is 3. The summed E-state index contributed by atoms with van der Waals surface area (Å²) in [5.74, 6) is 0.375. The van der Waals surface area contributed by atoms with Crippen LogP contribution in [0.15, 0.2) is 23.4 Å². The molecule has 0 fully saturated rings. The number of primary sulfonamides is 1. The van der Waals surface area contributed by atoms with Crippen molar-refractivity contribution in [2.45, 2.75) is 24.7 Å². The minimum Gasteiger partial charge on any atom is -0.450 e. The molecule has 0 atom stereocenters. The van der Waals surface area contributed by atoms with Gasteiger partial charge in [0, 0.05) is 12.3 Å². The number of ether oxygens (including phenoxy) is 1. The van der Waals surface area contributed by atoms with E-state index in [1.807, 2.05) is 13.8 Å². The van der Waals surface area contributed by atoms with Crippen LogP contribution in [0, 0.1) is 0 Å². The van der Waals surface area contributed by atoms with Crippen molar-refractivity contribution in [3.63, 3.8) is 0 Å². The van der Waals surface area contributed by atoms with Crippen LogP contribution in [0.2, 0.25) is 0 Å². The zero-order valence-corrected chi connectivity index (χ0v) is 12.8. The Labute approximate surface area is 127 Å². The summed E-state index contributed by atoms with van der Waals surface area (Å²) in [6.45, 7) is 3.77. The van der Waals surface area contributed by atoms with Crippen LogP contribution in [0.3, 0.4) is 0 Å². The van der Waals surface area contributed by atoms with Gasteiger partial charge in [0.2, 0.25) is 16.0 Å². The third kappa shape index (κ3) is 3.40. The second-order valence-electron chi connectivity index (χ2n) is 4.83. The zero-order valence-electron chi connectivity index (χ0n) is 12.0. The molecule has 10 heteroatoms. The Hall–Kier alpha value is -2.46. The molecule has 0 aromatic carbocycles. The summed E-state index contributed by atoms with van der Waals surface area (Å²) < 4.78 is 28.5. The van der Waals surface area contributed by atoms with Gasteiger partial charge in [-0.15, -0.1) is 0 Å². The fourth-order valence-corrected chi connectivity index (χ4v) is 2.17. The molecule has 9 nitrogen and oxygen atoms in total. The molecule has 0 bridgehead atoms. The summed E-state index contributed by atoms with van der Waals surface area (Å²) in [5, 5.41) is 5.11. The van der Waals surface area contributed by atoms with E-state index in [0.29, 0.717) is 5.69 Å². The number of sulfonamides is 1. The maximum Gasteiger partial charge on any atom is 0.239 e. The Kier molecular flexibility index (Phi) is 4.15. The predicted molar refractivity (Wildman–Crippen MR) is 80.6 cm³/mol. The maximum absolute atomic E-state index is 11.4. The van der Waals surface area contributed by atoms with E-state index in [1.54, 1.807) is 0 Å². The number of nitrogens with two attached hydrogens (primary N) is 3. The van der Waals surface area contributed by atoms with Gasteiger partial charge in [0.15, 0.2) is 17.3 Å². The number of nitrogens with zero attached hydrogens (tertiary/aromatic N) is 3. The fourth-order valence-electron chi connectivity index (χ4n) is 1.70. The van der Waals surface area contributed by atoms with Crippen LogP contribution in [0.25, 0.3) is 0 Å². The summed E-state index contributed by atoms with van der Waals surface area (Å²) in [4.78, 5) is 11.5. The molecule has 22 heavy (non-hydrogen) atoms. The van der Waals surface area contributed by atoms with Crippen molar-refractivity contribution in [3.8, 4) is 11.5 Å². The first kappa shape index (κ1) is 15.9. The Bertz CT molecular complexity index is 807. The number of aromatic nitrogens is 3.